The molecule has 2 heterocycles. The zero-order valence-corrected chi connectivity index (χ0v) is 36.4. The molecule has 2 fully saturated rings. The Morgan fingerprint density at radius 2 is 0.686 bits per heavy atom. The molecule has 0 bridgehead atoms. The Labute approximate surface area is 326 Å². The van der Waals surface area contributed by atoms with Gasteiger partial charge in [0, 0.05) is 23.7 Å². The molecule has 2 rings (SSSR count). The van der Waals surface area contributed by atoms with Gasteiger partial charge in [-0.3, -0.25) is 0 Å². The van der Waals surface area contributed by atoms with Gasteiger partial charge in [-0.2, -0.15) is 11.8 Å². The second kappa shape index (κ2) is 34.7. The lowest BCUT2D eigenvalue weighted by Crippen LogP contribution is -2.18. The van der Waals surface area contributed by atoms with E-state index in [1.54, 1.807) is 0 Å². The highest BCUT2D eigenvalue weighted by Crippen LogP contribution is 2.34. The van der Waals surface area contributed by atoms with Crippen molar-refractivity contribution in [1.29, 1.82) is 0 Å². The van der Waals surface area contributed by atoms with Gasteiger partial charge in [-0.15, -0.1) is 0 Å². The molecule has 0 aliphatic carbocycles. The molecule has 0 aromatic heterocycles. The average Bonchev–Trinajstić information content (AvgIpc) is 3.13. The van der Waals surface area contributed by atoms with E-state index in [4.69, 9.17) is 9.47 Å². The van der Waals surface area contributed by atoms with Gasteiger partial charge < -0.3 is 9.47 Å². The van der Waals surface area contributed by atoms with E-state index in [0.717, 1.165) is 35.5 Å². The summed E-state index contributed by atoms with van der Waals surface area (Å²) in [6.07, 6.45) is 52.4. The largest absolute Gasteiger partial charge is 0.378 e. The van der Waals surface area contributed by atoms with Gasteiger partial charge in [-0.1, -0.05) is 169 Å². The van der Waals surface area contributed by atoms with Gasteiger partial charge in [0.15, 0.2) is 0 Å². The molecule has 4 atom stereocenters. The van der Waals surface area contributed by atoms with Crippen LogP contribution in [0, 0.1) is 11.8 Å². The summed E-state index contributed by atoms with van der Waals surface area (Å²) in [5.74, 6) is 1.68. The average molecular weight is 735 g/mol. The normalized spacial score (nSPS) is 19.6. The number of rotatable bonds is 36. The smallest absolute Gasteiger partial charge is 0.0575 e. The second-order valence-corrected chi connectivity index (χ2v) is 19.8. The van der Waals surface area contributed by atoms with Crippen LogP contribution in [0.3, 0.4) is 0 Å². The Balaban J connectivity index is 1.47. The number of ether oxygens (including phenoxy) is 2. The first kappa shape index (κ1) is 47.4. The first-order valence-electron chi connectivity index (χ1n) is 23.9. The molecule has 0 spiro atoms. The molecule has 4 unspecified atom stereocenters. The minimum atomic E-state index is 0.589. The quantitative estimate of drug-likeness (QED) is 0.0597. The summed E-state index contributed by atoms with van der Waals surface area (Å²) in [6, 6.07) is 0. The van der Waals surface area contributed by atoms with E-state index in [9.17, 15) is 0 Å². The Bertz CT molecular complexity index is 639. The van der Waals surface area contributed by atoms with Gasteiger partial charge in [0.05, 0.1) is 12.2 Å². The molecule has 0 aromatic carbocycles. The summed E-state index contributed by atoms with van der Waals surface area (Å²) in [5, 5.41) is 1.80. The third kappa shape index (κ3) is 30.2. The third-order valence-corrected chi connectivity index (χ3v) is 13.9. The molecule has 2 nitrogen and oxygen atoms in total. The molecule has 0 N–H and O–H groups in total. The van der Waals surface area contributed by atoms with Crippen LogP contribution in [0.4, 0.5) is 0 Å². The molecule has 2 aliphatic heterocycles. The molecule has 3 heteroatoms. The summed E-state index contributed by atoms with van der Waals surface area (Å²) in [6.45, 7) is 11.7. The number of hydrogen-bond acceptors (Lipinski definition) is 3. The van der Waals surface area contributed by atoms with Crippen LogP contribution in [0.25, 0.3) is 0 Å². The van der Waals surface area contributed by atoms with E-state index < -0.39 is 0 Å². The lowest BCUT2D eigenvalue weighted by molar-refractivity contribution is 0.00964. The maximum absolute atomic E-state index is 5.89. The SMILES string of the molecule is CC(C)CCC(CCCCCCCCCCCCCC1CCCCO1)SC(CCCCCCCCCCCCCC1CCCCO1)CCC(C)C. The van der Waals surface area contributed by atoms with Crippen LogP contribution in [0.1, 0.15) is 259 Å². The van der Waals surface area contributed by atoms with E-state index in [1.807, 2.05) is 0 Å². The zero-order valence-electron chi connectivity index (χ0n) is 35.6. The predicted octanol–water partition coefficient (Wildman–Crippen LogP) is 16.6. The summed E-state index contributed by atoms with van der Waals surface area (Å²) < 4.78 is 11.8. The molecule has 0 amide bonds. The Morgan fingerprint density at radius 1 is 0.373 bits per heavy atom. The van der Waals surface area contributed by atoms with Crippen molar-refractivity contribution < 1.29 is 9.47 Å². The highest BCUT2D eigenvalue weighted by molar-refractivity contribution is 8.00. The van der Waals surface area contributed by atoms with Crippen LogP contribution >= 0.6 is 11.8 Å². The molecule has 0 saturated carbocycles. The Kier molecular flexibility index (Phi) is 32.3. The summed E-state index contributed by atoms with van der Waals surface area (Å²) in [5.41, 5.74) is 0. The van der Waals surface area contributed by atoms with Crippen LogP contribution in [-0.2, 0) is 9.47 Å². The van der Waals surface area contributed by atoms with E-state index in [1.165, 1.54) is 231 Å². The van der Waals surface area contributed by atoms with Crippen molar-refractivity contribution in [3.63, 3.8) is 0 Å². The van der Waals surface area contributed by atoms with Crippen molar-refractivity contribution in [3.8, 4) is 0 Å². The molecule has 0 aromatic rings. The van der Waals surface area contributed by atoms with Crippen molar-refractivity contribution in [1.82, 2.24) is 0 Å². The topological polar surface area (TPSA) is 18.5 Å². The molecule has 0 radical (unpaired) electrons. The highest BCUT2D eigenvalue weighted by Gasteiger charge is 2.18. The zero-order chi connectivity index (χ0) is 36.5. The van der Waals surface area contributed by atoms with E-state index in [0.29, 0.717) is 12.2 Å². The Morgan fingerprint density at radius 3 is 0.980 bits per heavy atom. The van der Waals surface area contributed by atoms with Gasteiger partial charge in [0.25, 0.3) is 0 Å². The molecule has 51 heavy (non-hydrogen) atoms. The van der Waals surface area contributed by atoms with Crippen molar-refractivity contribution in [2.24, 2.45) is 11.8 Å². The number of hydrogen-bond donors (Lipinski definition) is 0. The number of thioether (sulfide) groups is 1. The fourth-order valence-electron chi connectivity index (χ4n) is 8.61. The lowest BCUT2D eigenvalue weighted by atomic mass is 10.0. The van der Waals surface area contributed by atoms with Crippen LogP contribution in [0.15, 0.2) is 0 Å². The standard InChI is InChI=1S/C48H94O2S/c1-43(2)37-39-47(35-25-21-17-13-9-5-7-11-15-19-23-31-45-33-27-29-41-49-45)51-48(40-38-44(3)4)36-26-22-18-14-10-6-8-12-16-20-24-32-46-34-28-30-42-50-46/h43-48H,5-42H2,1-4H3. The van der Waals surface area contributed by atoms with Crippen molar-refractivity contribution in [2.75, 3.05) is 13.2 Å². The molecular formula is C48H94O2S. The van der Waals surface area contributed by atoms with Gasteiger partial charge >= 0.3 is 0 Å². The van der Waals surface area contributed by atoms with E-state index in [2.05, 4.69) is 39.5 Å². The summed E-state index contributed by atoms with van der Waals surface area (Å²) >= 11 is 2.44. The lowest BCUT2D eigenvalue weighted by Gasteiger charge is -2.25. The van der Waals surface area contributed by atoms with Crippen LogP contribution < -0.4 is 0 Å². The molecule has 2 saturated heterocycles. The predicted molar refractivity (Wildman–Crippen MR) is 231 cm³/mol. The van der Waals surface area contributed by atoms with Crippen molar-refractivity contribution in [3.05, 3.63) is 0 Å². The monoisotopic (exact) mass is 735 g/mol. The van der Waals surface area contributed by atoms with Crippen LogP contribution in [0.2, 0.25) is 0 Å². The fraction of sp³-hybridized carbons (Fsp3) is 1.00. The van der Waals surface area contributed by atoms with Crippen molar-refractivity contribution >= 4 is 11.8 Å². The van der Waals surface area contributed by atoms with Crippen LogP contribution in [-0.4, -0.2) is 35.9 Å². The highest BCUT2D eigenvalue weighted by atomic mass is 32.2. The van der Waals surface area contributed by atoms with Crippen molar-refractivity contribution in [2.45, 2.75) is 282 Å². The van der Waals surface area contributed by atoms with Gasteiger partial charge in [-0.25, -0.2) is 0 Å². The maximum Gasteiger partial charge on any atom is 0.0575 e. The summed E-state index contributed by atoms with van der Waals surface area (Å²) in [4.78, 5) is 0. The molecule has 2 aliphatic rings. The fourth-order valence-corrected chi connectivity index (χ4v) is 10.3. The first-order chi connectivity index (χ1) is 25.0. The minimum Gasteiger partial charge on any atom is -0.378 e. The Hall–Kier alpha value is 0.270. The van der Waals surface area contributed by atoms with E-state index in [-0.39, 0.29) is 0 Å². The van der Waals surface area contributed by atoms with Crippen LogP contribution in [0.5, 0.6) is 0 Å². The third-order valence-electron chi connectivity index (χ3n) is 12.2. The van der Waals surface area contributed by atoms with Gasteiger partial charge in [0.2, 0.25) is 0 Å². The minimum absolute atomic E-state index is 0.589. The second-order valence-electron chi connectivity index (χ2n) is 18.2. The first-order valence-corrected chi connectivity index (χ1v) is 24.9. The number of unbranched alkanes of at least 4 members (excludes halogenated alkanes) is 20. The summed E-state index contributed by atoms with van der Waals surface area (Å²) in [7, 11) is 0. The maximum atomic E-state index is 5.89. The van der Waals surface area contributed by atoms with E-state index >= 15 is 0 Å². The van der Waals surface area contributed by atoms with Gasteiger partial charge in [0.1, 0.15) is 0 Å². The van der Waals surface area contributed by atoms with Gasteiger partial charge in [-0.05, 0) is 102 Å². The molecule has 304 valence electrons. The molecular weight excluding hydrogens is 641 g/mol.